The van der Waals surface area contributed by atoms with E-state index in [0.717, 1.165) is 25.6 Å². The molecule has 1 aliphatic carbocycles. The molecule has 0 bridgehead atoms. The Bertz CT molecular complexity index is 324. The minimum Gasteiger partial charge on any atom is -0.367 e. The number of rotatable bonds is 2. The minimum atomic E-state index is -0.0815. The zero-order valence-electron chi connectivity index (χ0n) is 14.2. The van der Waals surface area contributed by atoms with Crippen molar-refractivity contribution in [3.05, 3.63) is 0 Å². The molecule has 118 valence electrons. The summed E-state index contributed by atoms with van der Waals surface area (Å²) in [5.74, 6) is 0.852. The number of morpholine rings is 1. The average molecular weight is 282 g/mol. The maximum Gasteiger partial charge on any atom is 0.0761 e. The molecule has 0 aromatic rings. The predicted molar refractivity (Wildman–Crippen MR) is 84.9 cm³/mol. The van der Waals surface area contributed by atoms with E-state index in [0.29, 0.717) is 0 Å². The highest BCUT2D eigenvalue weighted by molar-refractivity contribution is 5.01. The van der Waals surface area contributed by atoms with Crippen LogP contribution in [0.3, 0.4) is 0 Å². The molecule has 2 aliphatic rings. The van der Waals surface area contributed by atoms with Crippen LogP contribution in [-0.2, 0) is 4.74 Å². The number of nitrogens with two attached hydrogens (primary N) is 1. The largest absolute Gasteiger partial charge is 0.367 e. The quantitative estimate of drug-likeness (QED) is 0.791. The Morgan fingerprint density at radius 3 is 2.20 bits per heavy atom. The molecule has 0 radical (unpaired) electrons. The molecule has 2 fully saturated rings. The SMILES string of the molecule is CC1CCCC(CN)(N2CC(C)(C)OC(C)(C)C2)CC1. The zero-order chi connectivity index (χ0) is 15.0. The van der Waals surface area contributed by atoms with E-state index in [-0.39, 0.29) is 16.7 Å². The van der Waals surface area contributed by atoms with Crippen LogP contribution in [0.4, 0.5) is 0 Å². The van der Waals surface area contributed by atoms with Crippen LogP contribution < -0.4 is 5.73 Å². The number of nitrogens with zero attached hydrogens (tertiary/aromatic N) is 1. The molecule has 0 aromatic carbocycles. The summed E-state index contributed by atoms with van der Waals surface area (Å²) in [6.45, 7) is 14.0. The fourth-order valence-corrected chi connectivity index (χ4v) is 4.34. The van der Waals surface area contributed by atoms with Gasteiger partial charge in [-0.3, -0.25) is 4.90 Å². The highest BCUT2D eigenvalue weighted by Crippen LogP contribution is 2.39. The van der Waals surface area contributed by atoms with Crippen molar-refractivity contribution in [2.24, 2.45) is 11.7 Å². The van der Waals surface area contributed by atoms with Crippen LogP contribution in [0.15, 0.2) is 0 Å². The molecular weight excluding hydrogens is 248 g/mol. The van der Waals surface area contributed by atoms with Gasteiger partial charge in [0.2, 0.25) is 0 Å². The van der Waals surface area contributed by atoms with E-state index in [1.807, 2.05) is 0 Å². The number of ether oxygens (including phenoxy) is 1. The summed E-state index contributed by atoms with van der Waals surface area (Å²) in [4.78, 5) is 2.66. The molecule has 2 unspecified atom stereocenters. The first-order valence-corrected chi connectivity index (χ1v) is 8.33. The van der Waals surface area contributed by atoms with Gasteiger partial charge in [0.05, 0.1) is 11.2 Å². The van der Waals surface area contributed by atoms with Gasteiger partial charge in [0.15, 0.2) is 0 Å². The summed E-state index contributed by atoms with van der Waals surface area (Å²) < 4.78 is 6.24. The smallest absolute Gasteiger partial charge is 0.0761 e. The van der Waals surface area contributed by atoms with Crippen LogP contribution in [0.1, 0.15) is 66.7 Å². The van der Waals surface area contributed by atoms with Crippen LogP contribution in [-0.4, -0.2) is 41.3 Å². The fourth-order valence-electron chi connectivity index (χ4n) is 4.34. The van der Waals surface area contributed by atoms with Gasteiger partial charge in [-0.25, -0.2) is 0 Å². The normalized spacial score (nSPS) is 38.4. The van der Waals surface area contributed by atoms with Gasteiger partial charge in [-0.1, -0.05) is 19.8 Å². The molecule has 20 heavy (non-hydrogen) atoms. The lowest BCUT2D eigenvalue weighted by atomic mass is 9.84. The molecule has 0 spiro atoms. The summed E-state index contributed by atoms with van der Waals surface area (Å²) in [6, 6.07) is 0. The lowest BCUT2D eigenvalue weighted by Gasteiger charge is -2.54. The van der Waals surface area contributed by atoms with Crippen molar-refractivity contribution in [3.63, 3.8) is 0 Å². The molecule has 3 nitrogen and oxygen atoms in total. The maximum absolute atomic E-state index is 6.28. The van der Waals surface area contributed by atoms with E-state index < -0.39 is 0 Å². The molecule has 3 heteroatoms. The first kappa shape index (κ1) is 16.3. The zero-order valence-corrected chi connectivity index (χ0v) is 14.2. The monoisotopic (exact) mass is 282 g/mol. The molecule has 1 aliphatic heterocycles. The summed E-state index contributed by atoms with van der Waals surface area (Å²) in [5.41, 5.74) is 6.31. The minimum absolute atomic E-state index is 0.0815. The second-order valence-electron chi connectivity index (χ2n) is 8.44. The van der Waals surface area contributed by atoms with Gasteiger partial charge < -0.3 is 10.5 Å². The molecule has 2 rings (SSSR count). The molecule has 2 atom stereocenters. The van der Waals surface area contributed by atoms with Crippen molar-refractivity contribution >= 4 is 0 Å². The van der Waals surface area contributed by atoms with Crippen molar-refractivity contribution < 1.29 is 4.74 Å². The predicted octanol–water partition coefficient (Wildman–Crippen LogP) is 3.17. The average Bonchev–Trinajstić information content (AvgIpc) is 2.48. The maximum atomic E-state index is 6.28. The third-order valence-corrected chi connectivity index (χ3v) is 5.19. The second kappa shape index (κ2) is 5.58. The van der Waals surface area contributed by atoms with Crippen LogP contribution in [0.5, 0.6) is 0 Å². The lowest BCUT2D eigenvalue weighted by Crippen LogP contribution is -2.66. The third kappa shape index (κ3) is 3.55. The van der Waals surface area contributed by atoms with Gasteiger partial charge in [0, 0.05) is 25.2 Å². The van der Waals surface area contributed by atoms with E-state index in [1.165, 1.54) is 32.1 Å². The number of hydrogen-bond donors (Lipinski definition) is 1. The number of hydrogen-bond acceptors (Lipinski definition) is 3. The first-order chi connectivity index (χ1) is 9.18. The summed E-state index contributed by atoms with van der Waals surface area (Å²) in [6.07, 6.45) is 6.49. The molecule has 1 heterocycles. The van der Waals surface area contributed by atoms with Crippen LogP contribution in [0.25, 0.3) is 0 Å². The fraction of sp³-hybridized carbons (Fsp3) is 1.00. The van der Waals surface area contributed by atoms with Crippen LogP contribution in [0, 0.1) is 5.92 Å². The van der Waals surface area contributed by atoms with Crippen molar-refractivity contribution in [1.82, 2.24) is 4.90 Å². The van der Waals surface area contributed by atoms with Gasteiger partial charge in [0.25, 0.3) is 0 Å². The van der Waals surface area contributed by atoms with Crippen LogP contribution >= 0.6 is 0 Å². The van der Waals surface area contributed by atoms with Crippen molar-refractivity contribution in [1.29, 1.82) is 0 Å². The topological polar surface area (TPSA) is 38.5 Å². The highest BCUT2D eigenvalue weighted by atomic mass is 16.5. The van der Waals surface area contributed by atoms with E-state index in [2.05, 4.69) is 39.5 Å². The third-order valence-electron chi connectivity index (χ3n) is 5.19. The Balaban J connectivity index is 2.21. The Morgan fingerprint density at radius 2 is 1.65 bits per heavy atom. The Hall–Kier alpha value is -0.120. The van der Waals surface area contributed by atoms with Crippen molar-refractivity contribution in [2.45, 2.75) is 83.5 Å². The van der Waals surface area contributed by atoms with E-state index >= 15 is 0 Å². The molecule has 1 saturated carbocycles. The summed E-state index contributed by atoms with van der Waals surface area (Å²) >= 11 is 0. The van der Waals surface area contributed by atoms with E-state index in [4.69, 9.17) is 10.5 Å². The van der Waals surface area contributed by atoms with Gasteiger partial charge in [-0.05, 0) is 52.9 Å². The second-order valence-corrected chi connectivity index (χ2v) is 8.44. The van der Waals surface area contributed by atoms with Crippen molar-refractivity contribution in [2.75, 3.05) is 19.6 Å². The Kier molecular flexibility index (Phi) is 4.54. The Morgan fingerprint density at radius 1 is 1.05 bits per heavy atom. The molecule has 1 saturated heterocycles. The highest BCUT2D eigenvalue weighted by Gasteiger charge is 2.46. The molecule has 2 N–H and O–H groups in total. The molecular formula is C17H34N2O. The lowest BCUT2D eigenvalue weighted by molar-refractivity contribution is -0.200. The summed E-state index contributed by atoms with van der Waals surface area (Å²) in [5, 5.41) is 0. The van der Waals surface area contributed by atoms with Gasteiger partial charge in [0.1, 0.15) is 0 Å². The van der Waals surface area contributed by atoms with Gasteiger partial charge >= 0.3 is 0 Å². The molecule has 0 aromatic heterocycles. The Labute approximate surface area is 125 Å². The molecule has 0 amide bonds. The first-order valence-electron chi connectivity index (χ1n) is 8.33. The van der Waals surface area contributed by atoms with E-state index in [1.54, 1.807) is 0 Å². The van der Waals surface area contributed by atoms with Gasteiger partial charge in [-0.2, -0.15) is 0 Å². The van der Waals surface area contributed by atoms with Crippen LogP contribution in [0.2, 0.25) is 0 Å². The van der Waals surface area contributed by atoms with Crippen molar-refractivity contribution in [3.8, 4) is 0 Å². The standard InChI is InChI=1S/C17H34N2O/c1-14-7-6-9-17(11-18,10-8-14)19-12-15(2,3)20-16(4,5)13-19/h14H,6-13,18H2,1-5H3. The van der Waals surface area contributed by atoms with Gasteiger partial charge in [-0.15, -0.1) is 0 Å². The van der Waals surface area contributed by atoms with E-state index in [9.17, 15) is 0 Å². The summed E-state index contributed by atoms with van der Waals surface area (Å²) in [7, 11) is 0.